The Kier molecular flexibility index (Phi) is 4.91. The molecule has 0 radical (unpaired) electrons. The van der Waals surface area contributed by atoms with E-state index >= 15 is 0 Å². The molecule has 0 amide bonds. The third-order valence-corrected chi connectivity index (χ3v) is 4.73. The fraction of sp³-hybridized carbons (Fsp3) is 0.400. The van der Waals surface area contributed by atoms with E-state index in [2.05, 4.69) is 36.4 Å². The number of rotatable bonds is 4. The van der Waals surface area contributed by atoms with Crippen LogP contribution in [0.15, 0.2) is 36.4 Å². The molecule has 4 bridgehead atoms. The summed E-state index contributed by atoms with van der Waals surface area (Å²) in [5, 5.41) is 0. The smallest absolute Gasteiger partial charge is 0.00366 e. The van der Waals surface area contributed by atoms with E-state index < -0.39 is 0 Å². The zero-order chi connectivity index (χ0) is 15.4. The standard InChI is InChI=1S/C20H26N2/c21-11-9-19-13-15-1-5-17(19)8-4-16-2-6-18(7-3-15)20(14-16)10-12-22/h1-2,5-6,13-14H,3-4,7-12,21-22H2. The average molecular weight is 294 g/mol. The number of aryl methyl sites for hydroxylation is 4. The lowest BCUT2D eigenvalue weighted by molar-refractivity contribution is 0.858. The Labute approximate surface area is 133 Å². The van der Waals surface area contributed by atoms with Gasteiger partial charge in [0.05, 0.1) is 0 Å². The Morgan fingerprint density at radius 2 is 1.09 bits per heavy atom. The van der Waals surface area contributed by atoms with Gasteiger partial charge in [0.2, 0.25) is 0 Å². The lowest BCUT2D eigenvalue weighted by Gasteiger charge is -2.16. The third-order valence-electron chi connectivity index (χ3n) is 4.73. The van der Waals surface area contributed by atoms with Crippen molar-refractivity contribution in [3.8, 4) is 0 Å². The molecule has 4 aliphatic rings. The molecular formula is C20H26N2. The van der Waals surface area contributed by atoms with Crippen molar-refractivity contribution in [2.24, 2.45) is 11.5 Å². The SMILES string of the molecule is NCCc1cc2ccc1CCc1ccc(c(CCN)c1)CC2. The van der Waals surface area contributed by atoms with Crippen molar-refractivity contribution in [3.05, 3.63) is 69.8 Å². The second-order valence-corrected chi connectivity index (χ2v) is 6.28. The van der Waals surface area contributed by atoms with Crippen molar-refractivity contribution < 1.29 is 0 Å². The Bertz CT molecular complexity index is 589. The first kappa shape index (κ1) is 15.3. The van der Waals surface area contributed by atoms with Crippen molar-refractivity contribution in [1.82, 2.24) is 0 Å². The van der Waals surface area contributed by atoms with Gasteiger partial charge in [-0.05, 0) is 85.0 Å². The summed E-state index contributed by atoms with van der Waals surface area (Å²) < 4.78 is 0. The normalized spacial score (nSPS) is 13.9. The van der Waals surface area contributed by atoms with Crippen molar-refractivity contribution >= 4 is 0 Å². The molecule has 0 saturated heterocycles. The van der Waals surface area contributed by atoms with Gasteiger partial charge in [-0.3, -0.25) is 0 Å². The van der Waals surface area contributed by atoms with Gasteiger partial charge in [-0.15, -0.1) is 0 Å². The van der Waals surface area contributed by atoms with Gasteiger partial charge in [0, 0.05) is 0 Å². The van der Waals surface area contributed by atoms with Crippen molar-refractivity contribution in [1.29, 1.82) is 0 Å². The van der Waals surface area contributed by atoms with Crippen LogP contribution in [-0.2, 0) is 38.5 Å². The van der Waals surface area contributed by atoms with Crippen LogP contribution in [-0.4, -0.2) is 13.1 Å². The minimum atomic E-state index is 0.727. The molecule has 0 spiro atoms. The molecule has 6 rings (SSSR count). The van der Waals surface area contributed by atoms with Gasteiger partial charge >= 0.3 is 0 Å². The Morgan fingerprint density at radius 3 is 1.50 bits per heavy atom. The average Bonchev–Trinajstić information content (AvgIpc) is 2.52. The van der Waals surface area contributed by atoms with Crippen molar-refractivity contribution in [2.75, 3.05) is 13.1 Å². The molecule has 0 saturated carbocycles. The number of hydrogen-bond acceptors (Lipinski definition) is 2. The molecule has 2 nitrogen and oxygen atoms in total. The molecule has 0 atom stereocenters. The summed E-state index contributed by atoms with van der Waals surface area (Å²) in [7, 11) is 0. The predicted octanol–water partition coefficient (Wildman–Crippen LogP) is 2.57. The monoisotopic (exact) mass is 294 g/mol. The van der Waals surface area contributed by atoms with Gasteiger partial charge in [0.15, 0.2) is 0 Å². The van der Waals surface area contributed by atoms with E-state index in [1.807, 2.05) is 0 Å². The van der Waals surface area contributed by atoms with Gasteiger partial charge < -0.3 is 11.5 Å². The van der Waals surface area contributed by atoms with E-state index in [-0.39, 0.29) is 0 Å². The first-order chi connectivity index (χ1) is 10.8. The highest BCUT2D eigenvalue weighted by atomic mass is 14.5. The van der Waals surface area contributed by atoms with Crippen molar-refractivity contribution in [2.45, 2.75) is 38.5 Å². The lowest BCUT2D eigenvalue weighted by Crippen LogP contribution is -2.10. The molecule has 0 heterocycles. The summed E-state index contributed by atoms with van der Waals surface area (Å²) in [6.45, 7) is 1.45. The van der Waals surface area contributed by atoms with Crippen LogP contribution < -0.4 is 11.5 Å². The molecule has 0 aliphatic heterocycles. The highest BCUT2D eigenvalue weighted by Gasteiger charge is 2.10. The molecule has 4 N–H and O–H groups in total. The van der Waals surface area contributed by atoms with Crippen LogP contribution in [0.2, 0.25) is 0 Å². The Morgan fingerprint density at radius 1 is 0.636 bits per heavy atom. The van der Waals surface area contributed by atoms with E-state index in [9.17, 15) is 0 Å². The van der Waals surface area contributed by atoms with E-state index in [0.717, 1.165) is 51.6 Å². The number of hydrogen-bond donors (Lipinski definition) is 2. The molecular weight excluding hydrogens is 268 g/mol. The Hall–Kier alpha value is -1.64. The molecule has 2 heteroatoms. The van der Waals surface area contributed by atoms with Crippen LogP contribution in [0.4, 0.5) is 0 Å². The predicted molar refractivity (Wildman–Crippen MR) is 93.2 cm³/mol. The van der Waals surface area contributed by atoms with E-state index in [1.54, 1.807) is 0 Å². The maximum atomic E-state index is 5.79. The van der Waals surface area contributed by atoms with Crippen LogP contribution in [0, 0.1) is 0 Å². The minimum absolute atomic E-state index is 0.727. The largest absolute Gasteiger partial charge is 0.330 e. The molecule has 2 aromatic carbocycles. The van der Waals surface area contributed by atoms with Crippen LogP contribution in [0.5, 0.6) is 0 Å². The van der Waals surface area contributed by atoms with Gasteiger partial charge in [0.25, 0.3) is 0 Å². The van der Waals surface area contributed by atoms with E-state index in [0.29, 0.717) is 0 Å². The first-order valence-electron chi connectivity index (χ1n) is 8.41. The van der Waals surface area contributed by atoms with Gasteiger partial charge in [0.1, 0.15) is 0 Å². The quantitative estimate of drug-likeness (QED) is 0.910. The Balaban J connectivity index is 1.95. The lowest BCUT2D eigenvalue weighted by atomic mass is 9.90. The minimum Gasteiger partial charge on any atom is -0.330 e. The fourth-order valence-corrected chi connectivity index (χ4v) is 3.49. The topological polar surface area (TPSA) is 52.0 Å². The summed E-state index contributed by atoms with van der Waals surface area (Å²) in [6, 6.07) is 14.0. The van der Waals surface area contributed by atoms with Gasteiger partial charge in [-0.25, -0.2) is 0 Å². The summed E-state index contributed by atoms with van der Waals surface area (Å²) in [4.78, 5) is 0. The van der Waals surface area contributed by atoms with Gasteiger partial charge in [-0.1, -0.05) is 36.4 Å². The van der Waals surface area contributed by atoms with Crippen LogP contribution in [0.25, 0.3) is 0 Å². The summed E-state index contributed by atoms with van der Waals surface area (Å²) in [5.41, 5.74) is 20.2. The maximum Gasteiger partial charge on any atom is -0.00366 e. The van der Waals surface area contributed by atoms with Crippen LogP contribution in [0.3, 0.4) is 0 Å². The second kappa shape index (κ2) is 7.08. The number of benzene rings is 2. The molecule has 4 aliphatic carbocycles. The zero-order valence-electron chi connectivity index (χ0n) is 13.3. The van der Waals surface area contributed by atoms with Crippen LogP contribution in [0.1, 0.15) is 33.4 Å². The van der Waals surface area contributed by atoms with E-state index in [1.165, 1.54) is 33.4 Å². The molecule has 2 aromatic rings. The van der Waals surface area contributed by atoms with E-state index in [4.69, 9.17) is 11.5 Å². The van der Waals surface area contributed by atoms with Crippen LogP contribution >= 0.6 is 0 Å². The zero-order valence-corrected chi connectivity index (χ0v) is 13.3. The molecule has 0 aromatic heterocycles. The van der Waals surface area contributed by atoms with Gasteiger partial charge in [-0.2, -0.15) is 0 Å². The molecule has 0 unspecified atom stereocenters. The van der Waals surface area contributed by atoms with Crippen molar-refractivity contribution in [3.63, 3.8) is 0 Å². The highest BCUT2D eigenvalue weighted by Crippen LogP contribution is 2.22. The summed E-state index contributed by atoms with van der Waals surface area (Å²) in [6.07, 6.45) is 6.34. The first-order valence-corrected chi connectivity index (χ1v) is 8.41. The maximum absolute atomic E-state index is 5.79. The number of nitrogens with two attached hydrogens (primary N) is 2. The second-order valence-electron chi connectivity index (χ2n) is 6.28. The summed E-state index contributed by atoms with van der Waals surface area (Å²) in [5.74, 6) is 0. The fourth-order valence-electron chi connectivity index (χ4n) is 3.49. The third kappa shape index (κ3) is 3.40. The molecule has 0 fully saturated rings. The molecule has 22 heavy (non-hydrogen) atoms. The highest BCUT2D eigenvalue weighted by molar-refractivity contribution is 5.38. The molecule has 116 valence electrons. The summed E-state index contributed by atoms with van der Waals surface area (Å²) >= 11 is 0.